The van der Waals surface area contributed by atoms with E-state index in [9.17, 15) is 9.59 Å². The molecule has 5 heteroatoms. The maximum absolute atomic E-state index is 13.5. The minimum absolute atomic E-state index is 0.0931. The van der Waals surface area contributed by atoms with Crippen molar-refractivity contribution in [1.29, 1.82) is 0 Å². The first kappa shape index (κ1) is 30.3. The van der Waals surface area contributed by atoms with Crippen LogP contribution in [0.3, 0.4) is 0 Å². The molecule has 0 saturated carbocycles. The van der Waals surface area contributed by atoms with Crippen LogP contribution in [0.25, 0.3) is 28.1 Å². The summed E-state index contributed by atoms with van der Waals surface area (Å²) in [6, 6.07) is 22.4. The molecule has 0 spiro atoms. The molecule has 3 aromatic carbocycles. The smallest absolute Gasteiger partial charge is 0.260 e. The van der Waals surface area contributed by atoms with Gasteiger partial charge in [0.05, 0.1) is 12.2 Å². The van der Waals surface area contributed by atoms with Crippen LogP contribution in [0.2, 0.25) is 5.02 Å². The van der Waals surface area contributed by atoms with E-state index in [-0.39, 0.29) is 11.3 Å². The Morgan fingerprint density at radius 3 is 2.27 bits per heavy atom. The summed E-state index contributed by atoms with van der Waals surface area (Å²) in [6.07, 6.45) is 16.1. The highest BCUT2D eigenvalue weighted by Crippen LogP contribution is 2.31. The molecule has 0 fully saturated rings. The fourth-order valence-electron chi connectivity index (χ4n) is 5.15. The molecule has 41 heavy (non-hydrogen) atoms. The molecule has 1 aromatic heterocycles. The number of hydrogen-bond acceptors (Lipinski definition) is 3. The van der Waals surface area contributed by atoms with Gasteiger partial charge in [0.2, 0.25) is 0 Å². The summed E-state index contributed by atoms with van der Waals surface area (Å²) in [5.74, 6) is 0.405. The van der Waals surface area contributed by atoms with E-state index >= 15 is 0 Å². The highest BCUT2D eigenvalue weighted by Gasteiger charge is 2.19. The summed E-state index contributed by atoms with van der Waals surface area (Å²) in [7, 11) is 0. The number of rotatable bonds is 16. The van der Waals surface area contributed by atoms with E-state index in [2.05, 4.69) is 11.9 Å². The summed E-state index contributed by atoms with van der Waals surface area (Å²) in [5.41, 5.74) is 2.49. The van der Waals surface area contributed by atoms with E-state index < -0.39 is 5.56 Å². The van der Waals surface area contributed by atoms with Crippen molar-refractivity contribution in [3.63, 3.8) is 0 Å². The fourth-order valence-corrected chi connectivity index (χ4v) is 5.32. The first-order chi connectivity index (χ1) is 20.1. The maximum atomic E-state index is 13.5. The second-order valence-electron chi connectivity index (χ2n) is 10.6. The van der Waals surface area contributed by atoms with Crippen LogP contribution < -0.4 is 10.3 Å². The Kier molecular flexibility index (Phi) is 11.8. The molecule has 0 radical (unpaired) electrons. The molecule has 4 rings (SSSR count). The van der Waals surface area contributed by atoms with E-state index in [1.807, 2.05) is 54.6 Å². The molecule has 0 aliphatic carbocycles. The lowest BCUT2D eigenvalue weighted by Gasteiger charge is -2.12. The lowest BCUT2D eigenvalue weighted by atomic mass is 9.94. The minimum atomic E-state index is -0.429. The van der Waals surface area contributed by atoms with Gasteiger partial charge < -0.3 is 9.72 Å². The molecule has 0 aliphatic heterocycles. The Morgan fingerprint density at radius 1 is 0.829 bits per heavy atom. The van der Waals surface area contributed by atoms with E-state index in [4.69, 9.17) is 16.3 Å². The molecule has 0 saturated heterocycles. The first-order valence-corrected chi connectivity index (χ1v) is 15.3. The van der Waals surface area contributed by atoms with E-state index in [1.165, 1.54) is 63.9 Å². The normalized spacial score (nSPS) is 11.4. The van der Waals surface area contributed by atoms with Crippen LogP contribution in [0.5, 0.6) is 5.75 Å². The number of carbonyl (C=O) groups is 1. The monoisotopic (exact) mass is 569 g/mol. The molecule has 1 heterocycles. The summed E-state index contributed by atoms with van der Waals surface area (Å²) in [4.78, 5) is 29.4. The maximum Gasteiger partial charge on any atom is 0.260 e. The third-order valence-electron chi connectivity index (χ3n) is 7.34. The molecule has 0 bridgehead atoms. The van der Waals surface area contributed by atoms with Gasteiger partial charge in [-0.15, -0.1) is 0 Å². The first-order valence-electron chi connectivity index (χ1n) is 14.9. The predicted molar refractivity (Wildman–Crippen MR) is 172 cm³/mol. The predicted octanol–water partition coefficient (Wildman–Crippen LogP) is 10.0. The number of unbranched alkanes of at least 4 members (excludes halogenated alkanes) is 9. The van der Waals surface area contributed by atoms with Gasteiger partial charge in [-0.3, -0.25) is 9.59 Å². The van der Waals surface area contributed by atoms with Gasteiger partial charge >= 0.3 is 0 Å². The Morgan fingerprint density at radius 2 is 1.54 bits per heavy atom. The number of benzene rings is 3. The van der Waals surface area contributed by atoms with Gasteiger partial charge in [-0.1, -0.05) is 125 Å². The summed E-state index contributed by atoms with van der Waals surface area (Å²) in [5, 5.41) is 1.26. The van der Waals surface area contributed by atoms with Gasteiger partial charge in [-0.05, 0) is 54.0 Å². The SMILES string of the molecule is CCCCCCCCCCCCOc1cccc(/C=C/C(=O)c2c(-c3ccccc3)c3cc(Cl)ccc3[nH]c2=O)c1. The largest absolute Gasteiger partial charge is 0.494 e. The standard InChI is InChI=1S/C36H40ClNO3/c1-2-3-4-5-6-7-8-9-10-14-24-41-30-19-15-16-27(25-30)20-23-33(39)35-34(28-17-12-11-13-18-28)31-26-29(37)21-22-32(31)38-36(35)40/h11-13,15-23,25-26H,2-10,14,24H2,1H3,(H,38,40)/b23-20+. The molecule has 0 aliphatic rings. The van der Waals surface area contributed by atoms with E-state index in [0.717, 1.165) is 28.7 Å². The molecule has 0 atom stereocenters. The van der Waals surface area contributed by atoms with Gasteiger partial charge in [-0.25, -0.2) is 0 Å². The average molecular weight is 570 g/mol. The molecule has 0 unspecified atom stereocenters. The van der Waals surface area contributed by atoms with Crippen molar-refractivity contribution in [2.24, 2.45) is 0 Å². The van der Waals surface area contributed by atoms with Crippen molar-refractivity contribution in [3.05, 3.63) is 105 Å². The van der Waals surface area contributed by atoms with Crippen LogP contribution in [0.4, 0.5) is 0 Å². The van der Waals surface area contributed by atoms with Gasteiger partial charge in [-0.2, -0.15) is 0 Å². The lowest BCUT2D eigenvalue weighted by molar-refractivity contribution is 0.104. The topological polar surface area (TPSA) is 59.2 Å². The summed E-state index contributed by atoms with van der Waals surface area (Å²) >= 11 is 6.30. The number of aromatic amines is 1. The number of halogens is 1. The average Bonchev–Trinajstić information content (AvgIpc) is 2.99. The Hall–Kier alpha value is -3.63. The van der Waals surface area contributed by atoms with Crippen LogP contribution >= 0.6 is 11.6 Å². The van der Waals surface area contributed by atoms with Crippen LogP contribution in [-0.4, -0.2) is 17.4 Å². The van der Waals surface area contributed by atoms with E-state index in [1.54, 1.807) is 24.3 Å². The number of nitrogens with one attached hydrogen (secondary N) is 1. The lowest BCUT2D eigenvalue weighted by Crippen LogP contribution is -2.18. The van der Waals surface area contributed by atoms with Crippen molar-refractivity contribution in [2.75, 3.05) is 6.61 Å². The summed E-state index contributed by atoms with van der Waals surface area (Å²) < 4.78 is 5.98. The minimum Gasteiger partial charge on any atom is -0.494 e. The molecule has 4 aromatic rings. The zero-order valence-corrected chi connectivity index (χ0v) is 24.7. The molecular weight excluding hydrogens is 530 g/mol. The second kappa shape index (κ2) is 16.0. The number of ether oxygens (including phenoxy) is 1. The third-order valence-corrected chi connectivity index (χ3v) is 7.57. The number of H-pyrrole nitrogens is 1. The molecule has 4 nitrogen and oxygen atoms in total. The highest BCUT2D eigenvalue weighted by molar-refractivity contribution is 6.31. The second-order valence-corrected chi connectivity index (χ2v) is 11.0. The quantitative estimate of drug-likeness (QED) is 0.0829. The highest BCUT2D eigenvalue weighted by atomic mass is 35.5. The van der Waals surface area contributed by atoms with Crippen molar-refractivity contribution >= 4 is 34.4 Å². The molecule has 214 valence electrons. The zero-order chi connectivity index (χ0) is 28.9. The van der Waals surface area contributed by atoms with Crippen molar-refractivity contribution < 1.29 is 9.53 Å². The number of allylic oxidation sites excluding steroid dienone is 1. The molecule has 0 amide bonds. The molecular formula is C36H40ClNO3. The van der Waals surface area contributed by atoms with Crippen LogP contribution in [0.15, 0.2) is 83.7 Å². The summed E-state index contributed by atoms with van der Waals surface area (Å²) in [6.45, 7) is 2.93. The van der Waals surface area contributed by atoms with Crippen molar-refractivity contribution in [2.45, 2.75) is 71.1 Å². The number of hydrogen-bond donors (Lipinski definition) is 1. The van der Waals surface area contributed by atoms with Gasteiger partial charge in [0.15, 0.2) is 5.78 Å². The Balaban J connectivity index is 1.38. The number of pyridine rings is 1. The van der Waals surface area contributed by atoms with Gasteiger partial charge in [0.1, 0.15) is 5.75 Å². The van der Waals surface area contributed by atoms with E-state index in [0.29, 0.717) is 22.7 Å². The van der Waals surface area contributed by atoms with Gasteiger partial charge in [0.25, 0.3) is 5.56 Å². The van der Waals surface area contributed by atoms with Crippen LogP contribution in [0.1, 0.15) is 87.1 Å². The number of aromatic nitrogens is 1. The van der Waals surface area contributed by atoms with Gasteiger partial charge in [0, 0.05) is 21.5 Å². The van der Waals surface area contributed by atoms with Crippen LogP contribution in [0, 0.1) is 0 Å². The Labute approximate surface area is 248 Å². The van der Waals surface area contributed by atoms with Crippen LogP contribution in [-0.2, 0) is 0 Å². The number of ketones is 1. The van der Waals surface area contributed by atoms with Crippen molar-refractivity contribution in [1.82, 2.24) is 4.98 Å². The molecule has 1 N–H and O–H groups in total. The number of fused-ring (bicyclic) bond motifs is 1. The Bertz CT molecular complexity index is 1510. The zero-order valence-electron chi connectivity index (χ0n) is 24.0. The van der Waals surface area contributed by atoms with Crippen molar-refractivity contribution in [3.8, 4) is 16.9 Å². The third kappa shape index (κ3) is 8.93. The fraction of sp³-hybridized carbons (Fsp3) is 0.333. The number of carbonyl (C=O) groups excluding carboxylic acids is 1.